The second-order valence-corrected chi connectivity index (χ2v) is 13.8. The Morgan fingerprint density at radius 1 is 0.273 bits per heavy atom. The first-order valence-electron chi connectivity index (χ1n) is 15.0. The van der Waals surface area contributed by atoms with E-state index in [0.29, 0.717) is 0 Å². The molecule has 0 fully saturated rings. The molecule has 0 aliphatic carbocycles. The van der Waals surface area contributed by atoms with Crippen LogP contribution in [-0.2, 0) is 0 Å². The van der Waals surface area contributed by atoms with Crippen molar-refractivity contribution in [3.8, 4) is 22.3 Å². The van der Waals surface area contributed by atoms with E-state index in [1.54, 1.807) is 0 Å². The van der Waals surface area contributed by atoms with Gasteiger partial charge in [0.05, 0.1) is 0 Å². The molecule has 44 heavy (non-hydrogen) atoms. The molecule has 2 heterocycles. The van der Waals surface area contributed by atoms with Crippen molar-refractivity contribution in [2.24, 2.45) is 0 Å². The first-order valence-corrected chi connectivity index (χ1v) is 16.6. The van der Waals surface area contributed by atoms with Crippen LogP contribution in [0.2, 0.25) is 0 Å². The molecule has 0 saturated carbocycles. The Morgan fingerprint density at radius 3 is 1.14 bits per heavy atom. The topological polar surface area (TPSA) is 0 Å². The summed E-state index contributed by atoms with van der Waals surface area (Å²) in [4.78, 5) is 0. The number of benzene rings is 8. The zero-order valence-electron chi connectivity index (χ0n) is 23.7. The number of hydrogen-bond donors (Lipinski definition) is 0. The van der Waals surface area contributed by atoms with Gasteiger partial charge in [-0.15, -0.1) is 22.7 Å². The quantitative estimate of drug-likeness (QED) is 0.175. The maximum atomic E-state index is 2.41. The Hall–Kier alpha value is -5.02. The van der Waals surface area contributed by atoms with Gasteiger partial charge < -0.3 is 0 Å². The van der Waals surface area contributed by atoms with Crippen LogP contribution in [0.15, 0.2) is 146 Å². The lowest BCUT2D eigenvalue weighted by Gasteiger charge is -2.17. The van der Waals surface area contributed by atoms with Crippen molar-refractivity contribution in [1.82, 2.24) is 0 Å². The summed E-state index contributed by atoms with van der Waals surface area (Å²) < 4.78 is 5.35. The van der Waals surface area contributed by atoms with Gasteiger partial charge in [0.25, 0.3) is 0 Å². The smallest absolute Gasteiger partial charge is 0.0355 e. The van der Waals surface area contributed by atoms with Gasteiger partial charge in [0.2, 0.25) is 0 Å². The molecule has 10 rings (SSSR count). The summed E-state index contributed by atoms with van der Waals surface area (Å²) in [7, 11) is 0. The fraction of sp³-hybridized carbons (Fsp3) is 0. The normalized spacial score (nSPS) is 12.1. The molecule has 0 nitrogen and oxygen atoms in total. The van der Waals surface area contributed by atoms with Gasteiger partial charge >= 0.3 is 0 Å². The molecular weight excluding hydrogens is 569 g/mol. The minimum Gasteiger partial charge on any atom is -0.135 e. The lowest BCUT2D eigenvalue weighted by molar-refractivity contribution is 1.70. The number of hydrogen-bond acceptors (Lipinski definition) is 2. The maximum absolute atomic E-state index is 2.41. The molecule has 204 valence electrons. The third-order valence-electron chi connectivity index (χ3n) is 9.26. The van der Waals surface area contributed by atoms with Crippen LogP contribution in [0.25, 0.3) is 94.9 Å². The van der Waals surface area contributed by atoms with E-state index in [2.05, 4.69) is 146 Å². The van der Waals surface area contributed by atoms with Gasteiger partial charge in [0.15, 0.2) is 0 Å². The minimum absolute atomic E-state index is 1.26. The molecule has 0 aliphatic rings. The third-order valence-corrected chi connectivity index (χ3v) is 11.6. The number of thiophene rings is 2. The average Bonchev–Trinajstić information content (AvgIpc) is 3.65. The molecule has 8 aromatic carbocycles. The Morgan fingerprint density at radius 2 is 0.659 bits per heavy atom. The van der Waals surface area contributed by atoms with Crippen LogP contribution in [0.5, 0.6) is 0 Å². The van der Waals surface area contributed by atoms with Crippen molar-refractivity contribution in [3.63, 3.8) is 0 Å². The average molecular weight is 593 g/mol. The molecule has 0 bridgehead atoms. The van der Waals surface area contributed by atoms with Crippen molar-refractivity contribution in [3.05, 3.63) is 146 Å². The van der Waals surface area contributed by atoms with Gasteiger partial charge in [-0.25, -0.2) is 0 Å². The SMILES string of the molecule is c1ccc2c(c1)sc1ccc(-c3cccc4c5ccccc5c5cccc(-c6ccc7sc8ccccc8c7c6)c5c34)cc12. The molecule has 0 saturated heterocycles. The van der Waals surface area contributed by atoms with Crippen LogP contribution < -0.4 is 0 Å². The summed E-state index contributed by atoms with van der Waals surface area (Å²) in [5, 5.41) is 13.2. The van der Waals surface area contributed by atoms with Crippen LogP contribution in [-0.4, -0.2) is 0 Å². The van der Waals surface area contributed by atoms with E-state index in [0.717, 1.165) is 0 Å². The zero-order valence-corrected chi connectivity index (χ0v) is 25.3. The van der Waals surface area contributed by atoms with E-state index >= 15 is 0 Å². The molecule has 0 N–H and O–H groups in total. The molecule has 0 unspecified atom stereocenters. The highest BCUT2D eigenvalue weighted by atomic mass is 32.1. The summed E-state index contributed by atoms with van der Waals surface area (Å²) in [6.45, 7) is 0. The molecular formula is C42H24S2. The number of rotatable bonds is 2. The van der Waals surface area contributed by atoms with Crippen molar-refractivity contribution < 1.29 is 0 Å². The van der Waals surface area contributed by atoms with E-state index in [1.165, 1.54) is 94.9 Å². The molecule has 0 aliphatic heterocycles. The standard InChI is InChI=1S/C42H24S2/c1-2-10-30-29(9-1)33-15-7-13-27(25-19-21-39-35(23-25)31-11-3-5-17-37(31)43-39)41(33)42-28(14-8-16-34(30)42)26-20-22-40-36(24-26)32-12-4-6-18-38(32)44-40/h1-24H. The molecule has 0 spiro atoms. The first-order chi connectivity index (χ1) is 21.8. The van der Waals surface area contributed by atoms with E-state index < -0.39 is 0 Å². The lowest BCUT2D eigenvalue weighted by Crippen LogP contribution is -1.90. The Bertz CT molecular complexity index is 2580. The fourth-order valence-corrected chi connectivity index (χ4v) is 9.49. The van der Waals surface area contributed by atoms with Gasteiger partial charge in [-0.05, 0) is 91.0 Å². The van der Waals surface area contributed by atoms with Gasteiger partial charge in [-0.3, -0.25) is 0 Å². The Kier molecular flexibility index (Phi) is 5.13. The monoisotopic (exact) mass is 592 g/mol. The first kappa shape index (κ1) is 24.4. The van der Waals surface area contributed by atoms with Crippen LogP contribution in [0, 0.1) is 0 Å². The van der Waals surface area contributed by atoms with E-state index in [9.17, 15) is 0 Å². The van der Waals surface area contributed by atoms with Crippen molar-refractivity contribution >= 4 is 95.3 Å². The van der Waals surface area contributed by atoms with Gasteiger partial charge in [0, 0.05) is 40.3 Å². The summed E-state index contributed by atoms with van der Waals surface area (Å²) in [5.74, 6) is 0. The number of fused-ring (bicyclic) bond motifs is 12. The van der Waals surface area contributed by atoms with Crippen molar-refractivity contribution in [2.75, 3.05) is 0 Å². The predicted molar refractivity (Wildman–Crippen MR) is 196 cm³/mol. The lowest BCUT2D eigenvalue weighted by atomic mass is 9.86. The van der Waals surface area contributed by atoms with Gasteiger partial charge in [0.1, 0.15) is 0 Å². The summed E-state index contributed by atoms with van der Waals surface area (Å²) in [6, 6.07) is 54.3. The van der Waals surface area contributed by atoms with Crippen molar-refractivity contribution in [1.29, 1.82) is 0 Å². The van der Waals surface area contributed by atoms with Crippen LogP contribution in [0.3, 0.4) is 0 Å². The molecule has 0 amide bonds. The van der Waals surface area contributed by atoms with E-state index in [4.69, 9.17) is 0 Å². The van der Waals surface area contributed by atoms with Gasteiger partial charge in [-0.1, -0.05) is 109 Å². The molecule has 0 atom stereocenters. The van der Waals surface area contributed by atoms with Gasteiger partial charge in [-0.2, -0.15) is 0 Å². The molecule has 0 radical (unpaired) electrons. The molecule has 2 aromatic heterocycles. The van der Waals surface area contributed by atoms with E-state index in [1.807, 2.05) is 22.7 Å². The second-order valence-electron chi connectivity index (χ2n) is 11.6. The predicted octanol–water partition coefficient (Wildman–Crippen LogP) is 13.2. The summed E-state index contributed by atoms with van der Waals surface area (Å²) in [5.41, 5.74) is 5.09. The highest BCUT2D eigenvalue weighted by molar-refractivity contribution is 7.26. The Labute approximate surface area is 262 Å². The molecule has 10 aromatic rings. The third kappa shape index (κ3) is 3.44. The Balaban J connectivity index is 1.34. The minimum atomic E-state index is 1.26. The van der Waals surface area contributed by atoms with Crippen LogP contribution in [0.4, 0.5) is 0 Å². The second kappa shape index (κ2) is 9.24. The summed E-state index contributed by atoms with van der Waals surface area (Å²) >= 11 is 3.75. The zero-order chi connectivity index (χ0) is 28.8. The van der Waals surface area contributed by atoms with Crippen LogP contribution in [0.1, 0.15) is 0 Å². The maximum Gasteiger partial charge on any atom is 0.0355 e. The molecule has 2 heteroatoms. The highest BCUT2D eigenvalue weighted by Gasteiger charge is 2.18. The van der Waals surface area contributed by atoms with E-state index in [-0.39, 0.29) is 0 Å². The van der Waals surface area contributed by atoms with Crippen LogP contribution >= 0.6 is 22.7 Å². The van der Waals surface area contributed by atoms with Crippen molar-refractivity contribution in [2.45, 2.75) is 0 Å². The highest BCUT2D eigenvalue weighted by Crippen LogP contribution is 2.46. The summed E-state index contributed by atoms with van der Waals surface area (Å²) in [6.07, 6.45) is 0. The largest absolute Gasteiger partial charge is 0.135 e. The fourth-order valence-electron chi connectivity index (χ4n) is 7.31.